The second-order valence-corrected chi connectivity index (χ2v) is 6.48. The molecule has 1 amide bonds. The molecule has 2 unspecified atom stereocenters. The van der Waals surface area contributed by atoms with Crippen LogP contribution in [-0.2, 0) is 9.53 Å². The molecule has 1 aromatic heterocycles. The molecule has 116 valence electrons. The summed E-state index contributed by atoms with van der Waals surface area (Å²) in [4.78, 5) is 26.5. The van der Waals surface area contributed by atoms with Crippen LogP contribution in [0.15, 0.2) is 22.8 Å². The molecule has 1 saturated heterocycles. The maximum Gasteiger partial charge on any atom is 0.330 e. The summed E-state index contributed by atoms with van der Waals surface area (Å²) in [6.45, 7) is 5.68. The van der Waals surface area contributed by atoms with Crippen LogP contribution in [0.4, 0.5) is 0 Å². The molecule has 2 rings (SSSR count). The van der Waals surface area contributed by atoms with Crippen LogP contribution in [-0.4, -0.2) is 40.0 Å². The zero-order chi connectivity index (χ0) is 15.4. The molecule has 5 nitrogen and oxygen atoms in total. The lowest BCUT2D eigenvalue weighted by molar-refractivity contribution is -0.151. The standard InChI is InChI=1S/C15H21NO4S/c1-4-6-13-16(14(17)12-7-5-8-19-12)11(9-21-13)15(18)20-10(2)3/h5,7-8,10-11,13H,4,6,9H2,1-3H3. The van der Waals surface area contributed by atoms with E-state index in [1.807, 2.05) is 13.8 Å². The van der Waals surface area contributed by atoms with Crippen LogP contribution in [0.5, 0.6) is 0 Å². The summed E-state index contributed by atoms with van der Waals surface area (Å²) in [6, 6.07) is 2.76. The van der Waals surface area contributed by atoms with Crippen molar-refractivity contribution in [1.82, 2.24) is 4.90 Å². The summed E-state index contributed by atoms with van der Waals surface area (Å²) in [6.07, 6.45) is 3.08. The molecule has 0 saturated carbocycles. The number of hydrogen-bond donors (Lipinski definition) is 0. The van der Waals surface area contributed by atoms with Gasteiger partial charge >= 0.3 is 5.97 Å². The molecule has 2 heterocycles. The third-order valence-electron chi connectivity index (χ3n) is 3.22. The van der Waals surface area contributed by atoms with Gasteiger partial charge in [-0.2, -0.15) is 0 Å². The van der Waals surface area contributed by atoms with Gasteiger partial charge in [0, 0.05) is 5.75 Å². The van der Waals surface area contributed by atoms with Gasteiger partial charge in [-0.25, -0.2) is 4.79 Å². The molecule has 1 aromatic rings. The molecule has 2 atom stereocenters. The molecule has 1 aliphatic rings. The molecule has 0 N–H and O–H groups in total. The number of esters is 1. The van der Waals surface area contributed by atoms with Crippen LogP contribution in [0.2, 0.25) is 0 Å². The van der Waals surface area contributed by atoms with Crippen molar-refractivity contribution in [2.75, 3.05) is 5.75 Å². The smallest absolute Gasteiger partial charge is 0.330 e. The van der Waals surface area contributed by atoms with E-state index in [-0.39, 0.29) is 29.1 Å². The van der Waals surface area contributed by atoms with Crippen LogP contribution >= 0.6 is 11.8 Å². The fourth-order valence-electron chi connectivity index (χ4n) is 2.33. The van der Waals surface area contributed by atoms with Gasteiger partial charge in [0.15, 0.2) is 5.76 Å². The van der Waals surface area contributed by atoms with Gasteiger partial charge in [0.25, 0.3) is 5.91 Å². The van der Waals surface area contributed by atoms with Gasteiger partial charge in [0.2, 0.25) is 0 Å². The molecule has 0 bridgehead atoms. The molecule has 0 radical (unpaired) electrons. The quantitative estimate of drug-likeness (QED) is 0.783. The Hall–Kier alpha value is -1.43. The van der Waals surface area contributed by atoms with Crippen LogP contribution in [0, 0.1) is 0 Å². The highest BCUT2D eigenvalue weighted by Crippen LogP contribution is 2.34. The van der Waals surface area contributed by atoms with Gasteiger partial charge in [0.1, 0.15) is 6.04 Å². The number of ether oxygens (including phenoxy) is 1. The van der Waals surface area contributed by atoms with Gasteiger partial charge < -0.3 is 14.1 Å². The average Bonchev–Trinajstić information content (AvgIpc) is 3.06. The predicted octanol–water partition coefficient (Wildman–Crippen LogP) is 2.92. The third kappa shape index (κ3) is 3.61. The van der Waals surface area contributed by atoms with E-state index in [0.717, 1.165) is 12.8 Å². The Bertz CT molecular complexity index is 486. The van der Waals surface area contributed by atoms with Gasteiger partial charge in [-0.05, 0) is 32.4 Å². The van der Waals surface area contributed by atoms with E-state index in [1.165, 1.54) is 6.26 Å². The third-order valence-corrected chi connectivity index (χ3v) is 4.57. The average molecular weight is 311 g/mol. The van der Waals surface area contributed by atoms with Crippen molar-refractivity contribution in [2.45, 2.75) is 51.1 Å². The van der Waals surface area contributed by atoms with Crippen molar-refractivity contribution in [3.05, 3.63) is 24.2 Å². The second-order valence-electron chi connectivity index (χ2n) is 5.27. The Morgan fingerprint density at radius 2 is 2.29 bits per heavy atom. The van der Waals surface area contributed by atoms with Crippen LogP contribution in [0.1, 0.15) is 44.2 Å². The van der Waals surface area contributed by atoms with Crippen LogP contribution in [0.25, 0.3) is 0 Å². The number of thioether (sulfide) groups is 1. The van der Waals surface area contributed by atoms with E-state index in [1.54, 1.807) is 28.8 Å². The molecule has 0 aromatic carbocycles. The zero-order valence-electron chi connectivity index (χ0n) is 12.6. The molecule has 0 aliphatic carbocycles. The highest BCUT2D eigenvalue weighted by atomic mass is 32.2. The summed E-state index contributed by atoms with van der Waals surface area (Å²) in [7, 11) is 0. The summed E-state index contributed by atoms with van der Waals surface area (Å²) < 4.78 is 10.5. The van der Waals surface area contributed by atoms with E-state index < -0.39 is 6.04 Å². The van der Waals surface area contributed by atoms with E-state index in [4.69, 9.17) is 9.15 Å². The van der Waals surface area contributed by atoms with Crippen molar-refractivity contribution in [2.24, 2.45) is 0 Å². The Balaban J connectivity index is 2.20. The summed E-state index contributed by atoms with van der Waals surface area (Å²) in [5, 5.41) is -0.00249. The lowest BCUT2D eigenvalue weighted by Gasteiger charge is -2.27. The van der Waals surface area contributed by atoms with E-state index in [9.17, 15) is 9.59 Å². The molecule has 0 spiro atoms. The van der Waals surface area contributed by atoms with Gasteiger partial charge in [-0.15, -0.1) is 11.8 Å². The number of amides is 1. The molecule has 1 fully saturated rings. The Kier molecular flexibility index (Phi) is 5.33. The second kappa shape index (κ2) is 7.02. The first-order valence-corrected chi connectivity index (χ1v) is 8.27. The summed E-state index contributed by atoms with van der Waals surface area (Å²) in [5.74, 6) is 0.258. The van der Waals surface area contributed by atoms with Crippen molar-refractivity contribution in [3.63, 3.8) is 0 Å². The van der Waals surface area contributed by atoms with Gasteiger partial charge in [-0.3, -0.25) is 4.79 Å². The van der Waals surface area contributed by atoms with Crippen molar-refractivity contribution < 1.29 is 18.7 Å². The van der Waals surface area contributed by atoms with Crippen molar-refractivity contribution in [1.29, 1.82) is 0 Å². The zero-order valence-corrected chi connectivity index (χ0v) is 13.4. The van der Waals surface area contributed by atoms with E-state index in [0.29, 0.717) is 5.75 Å². The number of carbonyl (C=O) groups is 2. The van der Waals surface area contributed by atoms with Crippen LogP contribution < -0.4 is 0 Å². The highest BCUT2D eigenvalue weighted by molar-refractivity contribution is 8.00. The molecular formula is C15H21NO4S. The normalized spacial score (nSPS) is 21.8. The molecule has 21 heavy (non-hydrogen) atoms. The lowest BCUT2D eigenvalue weighted by atomic mass is 10.2. The number of nitrogens with zero attached hydrogens (tertiary/aromatic N) is 1. The first-order valence-electron chi connectivity index (χ1n) is 7.22. The van der Waals surface area contributed by atoms with Crippen molar-refractivity contribution >= 4 is 23.6 Å². The number of furan rings is 1. The minimum Gasteiger partial charge on any atom is -0.461 e. The number of carbonyl (C=O) groups excluding carboxylic acids is 2. The lowest BCUT2D eigenvalue weighted by Crippen LogP contribution is -2.46. The summed E-state index contributed by atoms with van der Waals surface area (Å²) in [5.41, 5.74) is 0. The molecule has 1 aliphatic heterocycles. The van der Waals surface area contributed by atoms with E-state index in [2.05, 4.69) is 6.92 Å². The Morgan fingerprint density at radius 1 is 1.52 bits per heavy atom. The summed E-state index contributed by atoms with van der Waals surface area (Å²) >= 11 is 1.63. The van der Waals surface area contributed by atoms with Crippen molar-refractivity contribution in [3.8, 4) is 0 Å². The fraction of sp³-hybridized carbons (Fsp3) is 0.600. The largest absolute Gasteiger partial charge is 0.461 e. The minimum absolute atomic E-state index is 0.00249. The number of hydrogen-bond acceptors (Lipinski definition) is 5. The first kappa shape index (κ1) is 15.9. The van der Waals surface area contributed by atoms with Gasteiger partial charge in [-0.1, -0.05) is 13.3 Å². The minimum atomic E-state index is -0.536. The Morgan fingerprint density at radius 3 is 2.86 bits per heavy atom. The Labute approximate surface area is 129 Å². The SMILES string of the molecule is CCCC1SCC(C(=O)OC(C)C)N1C(=O)c1ccco1. The van der Waals surface area contributed by atoms with Gasteiger partial charge in [0.05, 0.1) is 17.7 Å². The van der Waals surface area contributed by atoms with Crippen LogP contribution in [0.3, 0.4) is 0 Å². The first-order chi connectivity index (χ1) is 10.0. The maximum atomic E-state index is 12.6. The predicted molar refractivity (Wildman–Crippen MR) is 81.0 cm³/mol. The van der Waals surface area contributed by atoms with E-state index >= 15 is 0 Å². The maximum absolute atomic E-state index is 12.6. The fourth-order valence-corrected chi connectivity index (χ4v) is 3.83. The monoisotopic (exact) mass is 311 g/mol. The number of rotatable bonds is 5. The molecular weight excluding hydrogens is 290 g/mol. The topological polar surface area (TPSA) is 59.8 Å². The molecule has 6 heteroatoms. The highest BCUT2D eigenvalue weighted by Gasteiger charge is 2.43.